The van der Waals surface area contributed by atoms with Crippen LogP contribution in [0.15, 0.2) is 61.3 Å². The Morgan fingerprint density at radius 1 is 1.03 bits per heavy atom. The smallest absolute Gasteiger partial charge is 0.119 e. The second-order valence-corrected chi connectivity index (χ2v) is 13.2. The molecule has 0 saturated heterocycles. The normalized spacial score (nSPS) is 42.8. The highest BCUT2D eigenvalue weighted by Gasteiger charge is 2.67. The number of hydrogen-bond donors (Lipinski definition) is 2. The summed E-state index contributed by atoms with van der Waals surface area (Å²) in [6.07, 6.45) is 18.6. The van der Waals surface area contributed by atoms with E-state index in [0.717, 1.165) is 49.8 Å². The van der Waals surface area contributed by atoms with Crippen LogP contribution in [0, 0.1) is 39.9 Å². The number of fused-ring (bicyclic) bond motifs is 5. The lowest BCUT2D eigenvalue weighted by atomic mass is 9.39. The quantitative estimate of drug-likeness (QED) is 0.264. The standard InChI is InChI=1S/C33H50N2O2/c1-7-34-16-17-35-18-19-36-27-12-14-31(4)26(21-27)10-11-29-30(31)20-23(2)33(6)28(13-15-32(29,33)5)25-9-8-24(3)37-22-25/h7-9,22,26-30,34-35H,1-3,10-21H2,4-6H3/t26?,27?,28?,29?,30-,31?,32?,33?/m0/s1. The molecule has 7 unspecified atom stereocenters. The Kier molecular flexibility index (Phi) is 7.55. The van der Waals surface area contributed by atoms with E-state index in [1.165, 1.54) is 62.5 Å². The molecule has 8 atom stereocenters. The summed E-state index contributed by atoms with van der Waals surface area (Å²) in [5, 5.41) is 6.59. The fourth-order valence-corrected chi connectivity index (χ4v) is 9.53. The zero-order valence-electron chi connectivity index (χ0n) is 23.6. The van der Waals surface area contributed by atoms with Crippen molar-refractivity contribution in [2.45, 2.75) is 78.2 Å². The summed E-state index contributed by atoms with van der Waals surface area (Å²) in [6.45, 7) is 23.9. The van der Waals surface area contributed by atoms with Crippen LogP contribution >= 0.6 is 0 Å². The van der Waals surface area contributed by atoms with Crippen molar-refractivity contribution >= 4 is 0 Å². The van der Waals surface area contributed by atoms with E-state index < -0.39 is 0 Å². The predicted molar refractivity (Wildman–Crippen MR) is 153 cm³/mol. The first-order valence-electron chi connectivity index (χ1n) is 14.8. The van der Waals surface area contributed by atoms with Crippen molar-refractivity contribution in [3.05, 3.63) is 61.3 Å². The summed E-state index contributed by atoms with van der Waals surface area (Å²) in [5.74, 6) is 3.54. The van der Waals surface area contributed by atoms with Gasteiger partial charge in [-0.2, -0.15) is 0 Å². The van der Waals surface area contributed by atoms with Gasteiger partial charge in [-0.05, 0) is 104 Å². The van der Waals surface area contributed by atoms with Gasteiger partial charge in [0, 0.05) is 25.0 Å². The van der Waals surface area contributed by atoms with Crippen molar-refractivity contribution in [2.24, 2.45) is 39.9 Å². The maximum absolute atomic E-state index is 6.38. The lowest BCUT2D eigenvalue weighted by molar-refractivity contribution is -0.145. The third kappa shape index (κ3) is 4.46. The van der Waals surface area contributed by atoms with Gasteiger partial charge in [0.15, 0.2) is 0 Å². The van der Waals surface area contributed by atoms with Crippen molar-refractivity contribution in [3.63, 3.8) is 0 Å². The summed E-state index contributed by atoms with van der Waals surface area (Å²) < 4.78 is 12.1. The molecule has 4 heteroatoms. The molecule has 4 saturated carbocycles. The summed E-state index contributed by atoms with van der Waals surface area (Å²) in [6, 6.07) is 0. The highest BCUT2D eigenvalue weighted by Crippen LogP contribution is 2.74. The Morgan fingerprint density at radius 3 is 2.62 bits per heavy atom. The van der Waals surface area contributed by atoms with E-state index in [9.17, 15) is 0 Å². The summed E-state index contributed by atoms with van der Waals surface area (Å²) in [7, 11) is 0. The molecule has 37 heavy (non-hydrogen) atoms. The summed E-state index contributed by atoms with van der Waals surface area (Å²) >= 11 is 0. The van der Waals surface area contributed by atoms with Gasteiger partial charge in [-0.1, -0.05) is 52.2 Å². The Labute approximate surface area is 225 Å². The van der Waals surface area contributed by atoms with E-state index in [-0.39, 0.29) is 5.41 Å². The molecule has 1 aliphatic heterocycles. The van der Waals surface area contributed by atoms with Crippen LogP contribution in [0.3, 0.4) is 0 Å². The molecular formula is C33H50N2O2. The highest BCUT2D eigenvalue weighted by atomic mass is 16.5. The van der Waals surface area contributed by atoms with Gasteiger partial charge in [0.2, 0.25) is 0 Å². The largest absolute Gasteiger partial charge is 0.465 e. The van der Waals surface area contributed by atoms with Gasteiger partial charge >= 0.3 is 0 Å². The minimum atomic E-state index is 0.129. The lowest BCUT2D eigenvalue weighted by Crippen LogP contribution is -2.58. The Morgan fingerprint density at radius 2 is 1.86 bits per heavy atom. The van der Waals surface area contributed by atoms with Crippen LogP contribution in [0.2, 0.25) is 0 Å². The van der Waals surface area contributed by atoms with Crippen molar-refractivity contribution in [1.82, 2.24) is 10.6 Å². The number of allylic oxidation sites excluding steroid dienone is 4. The van der Waals surface area contributed by atoms with Crippen molar-refractivity contribution < 1.29 is 9.47 Å². The third-order valence-electron chi connectivity index (χ3n) is 11.9. The van der Waals surface area contributed by atoms with E-state index in [2.05, 4.69) is 50.6 Å². The van der Waals surface area contributed by atoms with Crippen LogP contribution in [0.5, 0.6) is 0 Å². The summed E-state index contributed by atoms with van der Waals surface area (Å²) in [5.41, 5.74) is 3.67. The zero-order chi connectivity index (χ0) is 26.3. The molecule has 0 aromatic carbocycles. The van der Waals surface area contributed by atoms with Crippen LogP contribution < -0.4 is 10.6 Å². The first-order valence-corrected chi connectivity index (χ1v) is 14.8. The molecule has 5 rings (SSSR count). The predicted octanol–water partition coefficient (Wildman–Crippen LogP) is 6.89. The molecule has 1 heterocycles. The Hall–Kier alpha value is -1.78. The maximum atomic E-state index is 6.38. The zero-order valence-corrected chi connectivity index (χ0v) is 23.6. The molecule has 0 amide bonds. The molecule has 0 aromatic rings. The van der Waals surface area contributed by atoms with Crippen molar-refractivity contribution in [2.75, 3.05) is 26.2 Å². The fourth-order valence-electron chi connectivity index (χ4n) is 9.53. The summed E-state index contributed by atoms with van der Waals surface area (Å²) in [4.78, 5) is 0. The number of hydrogen-bond acceptors (Lipinski definition) is 4. The van der Waals surface area contributed by atoms with E-state index in [1.54, 1.807) is 6.20 Å². The second-order valence-electron chi connectivity index (χ2n) is 13.2. The van der Waals surface area contributed by atoms with Gasteiger partial charge in [-0.3, -0.25) is 0 Å². The van der Waals surface area contributed by atoms with Crippen LogP contribution in [-0.4, -0.2) is 32.3 Å². The maximum Gasteiger partial charge on any atom is 0.119 e. The molecule has 4 fully saturated rings. The third-order valence-corrected chi connectivity index (χ3v) is 11.9. The number of ether oxygens (including phenoxy) is 2. The molecule has 0 bridgehead atoms. The lowest BCUT2D eigenvalue weighted by Gasteiger charge is -2.65. The van der Waals surface area contributed by atoms with Gasteiger partial charge in [-0.25, -0.2) is 0 Å². The minimum Gasteiger partial charge on any atom is -0.465 e. The second kappa shape index (κ2) is 10.4. The van der Waals surface area contributed by atoms with Gasteiger partial charge in [0.1, 0.15) is 5.76 Å². The van der Waals surface area contributed by atoms with Gasteiger partial charge < -0.3 is 20.1 Å². The minimum absolute atomic E-state index is 0.129. The molecule has 2 N–H and O–H groups in total. The van der Waals surface area contributed by atoms with Gasteiger partial charge in [0.05, 0.1) is 19.0 Å². The van der Waals surface area contributed by atoms with Crippen LogP contribution in [0.4, 0.5) is 0 Å². The Bertz CT molecular complexity index is 967. The number of rotatable bonds is 9. The monoisotopic (exact) mass is 506 g/mol. The van der Waals surface area contributed by atoms with E-state index in [4.69, 9.17) is 16.1 Å². The fraction of sp³-hybridized carbons (Fsp3) is 0.697. The molecule has 0 aromatic heterocycles. The Balaban J connectivity index is 1.25. The van der Waals surface area contributed by atoms with Crippen molar-refractivity contribution in [1.29, 1.82) is 0 Å². The highest BCUT2D eigenvalue weighted by molar-refractivity contribution is 5.38. The average molecular weight is 507 g/mol. The van der Waals surface area contributed by atoms with Crippen molar-refractivity contribution in [3.8, 4) is 0 Å². The van der Waals surface area contributed by atoms with E-state index in [1.807, 2.05) is 12.3 Å². The number of nitrogens with one attached hydrogen (secondary N) is 2. The van der Waals surface area contributed by atoms with E-state index >= 15 is 0 Å². The van der Waals surface area contributed by atoms with Crippen LogP contribution in [0.25, 0.3) is 0 Å². The first-order chi connectivity index (χ1) is 17.7. The average Bonchev–Trinajstić information content (AvgIpc) is 3.17. The van der Waals surface area contributed by atoms with Gasteiger partial charge in [0.25, 0.3) is 0 Å². The first kappa shape index (κ1) is 26.8. The van der Waals surface area contributed by atoms with Crippen LogP contribution in [0.1, 0.15) is 72.1 Å². The SMILES string of the molecule is C=CNCCNCCOC1CCC2(C)C(CCC3[C@@H]2CC(=C)C2(C)C(C4=COC(=C)C=C4)CCC32C)C1. The van der Waals surface area contributed by atoms with Crippen LogP contribution in [-0.2, 0) is 9.47 Å². The molecule has 4 nitrogen and oxygen atoms in total. The molecular weight excluding hydrogens is 456 g/mol. The molecule has 204 valence electrons. The van der Waals surface area contributed by atoms with E-state index in [0.29, 0.717) is 22.9 Å². The van der Waals surface area contributed by atoms with Gasteiger partial charge in [-0.15, -0.1) is 0 Å². The molecule has 0 radical (unpaired) electrons. The molecule has 4 aliphatic carbocycles. The topological polar surface area (TPSA) is 42.5 Å². The molecule has 5 aliphatic rings. The molecule has 0 spiro atoms.